The molecule has 0 aliphatic heterocycles. The summed E-state index contributed by atoms with van der Waals surface area (Å²) in [5, 5.41) is 0. The van der Waals surface area contributed by atoms with Crippen LogP contribution in [0.15, 0.2) is 36.4 Å². The molecule has 1 saturated carbocycles. The number of ether oxygens (including phenoxy) is 3. The quantitative estimate of drug-likeness (QED) is 0.318. The van der Waals surface area contributed by atoms with Crippen LogP contribution in [-0.2, 0) is 21.9 Å². The van der Waals surface area contributed by atoms with Crippen LogP contribution >= 0.6 is 7.82 Å². The van der Waals surface area contributed by atoms with Crippen molar-refractivity contribution in [1.82, 2.24) is 0 Å². The Hall–Kier alpha value is -1.21. The van der Waals surface area contributed by atoms with Crippen LogP contribution in [0.2, 0.25) is 0 Å². The molecule has 0 radical (unpaired) electrons. The molecule has 200 valence electrons. The third-order valence-corrected chi connectivity index (χ3v) is 8.02. The van der Waals surface area contributed by atoms with Gasteiger partial charge in [0, 0.05) is 17.7 Å². The van der Waals surface area contributed by atoms with Gasteiger partial charge in [-0.15, -0.1) is 0 Å². The van der Waals surface area contributed by atoms with Crippen LogP contribution in [0.4, 0.5) is 0 Å². The van der Waals surface area contributed by atoms with E-state index in [0.29, 0.717) is 11.7 Å². The molecule has 0 bridgehead atoms. The van der Waals surface area contributed by atoms with Crippen molar-refractivity contribution < 1.29 is 62.3 Å². The van der Waals surface area contributed by atoms with Crippen LogP contribution in [-0.4, -0.2) is 27.4 Å². The monoisotopic (exact) mass is 542 g/mol. The number of phosphoric ester groups is 1. The molecule has 3 rings (SSSR count). The Morgan fingerprint density at radius 2 is 1.43 bits per heavy atom. The number of hydrogen-bond donors (Lipinski definition) is 0. The van der Waals surface area contributed by atoms with Crippen LogP contribution in [0.5, 0.6) is 23.0 Å². The summed E-state index contributed by atoms with van der Waals surface area (Å²) in [5.74, 6) is 2.99. The maximum atomic E-state index is 12.5. The van der Waals surface area contributed by atoms with Gasteiger partial charge in [0.1, 0.15) is 23.0 Å². The molecule has 0 spiro atoms. The minimum absolute atomic E-state index is 0. The third-order valence-electron chi connectivity index (χ3n) is 7.03. The summed E-state index contributed by atoms with van der Waals surface area (Å²) in [6, 6.07) is 10.8. The summed E-state index contributed by atoms with van der Waals surface area (Å²) in [7, 11) is 0.437. The molecule has 0 heterocycles. The van der Waals surface area contributed by atoms with E-state index in [0.717, 1.165) is 67.6 Å². The number of rotatable bonds is 11. The molecule has 2 aromatic carbocycles. The van der Waals surface area contributed by atoms with Gasteiger partial charge < -0.3 is 28.2 Å². The number of methoxy groups -OCH3 is 3. The predicted octanol–water partition coefficient (Wildman–Crippen LogP) is 3.36. The minimum Gasteiger partial charge on any atom is -0.746 e. The standard InChI is InChI=1S/C28H41O7P.Na/c1-28(2,3)21-12-16-23(17-13-21)35-36(29,30)34-22-14-10-20(11-15-22)8-7-9-25-26(32-5)18-24(31-4)19-27(25)33-6;/h10-11,14-15,18-19,21,23H,7-9,12-13,16-17H2,1-6H3,(H,29,30);/q;+1/p-1. The molecule has 0 saturated heterocycles. The fraction of sp³-hybridized carbons (Fsp3) is 0.571. The molecule has 37 heavy (non-hydrogen) atoms. The molecule has 7 nitrogen and oxygen atoms in total. The molecule has 1 aliphatic rings. The maximum absolute atomic E-state index is 12.5. The smallest absolute Gasteiger partial charge is 0.746 e. The molecular formula is C28H40NaO7P. The van der Waals surface area contributed by atoms with Gasteiger partial charge in [0.05, 0.1) is 27.4 Å². The fourth-order valence-corrected chi connectivity index (χ4v) is 5.88. The van der Waals surface area contributed by atoms with Crippen molar-refractivity contribution in [3.8, 4) is 23.0 Å². The molecule has 0 amide bonds. The van der Waals surface area contributed by atoms with Gasteiger partial charge in [0.2, 0.25) is 0 Å². The van der Waals surface area contributed by atoms with E-state index in [2.05, 4.69) is 20.8 Å². The molecule has 2 aromatic rings. The van der Waals surface area contributed by atoms with Gasteiger partial charge in [0.15, 0.2) is 0 Å². The van der Waals surface area contributed by atoms with E-state index in [1.165, 1.54) is 0 Å². The SMILES string of the molecule is COc1cc(OC)c(CCCc2ccc(OP(=O)([O-])OC3CCC(C(C)(C)C)CC3)cc2)c(OC)c1.[Na+]. The number of benzene rings is 2. The number of hydrogen-bond acceptors (Lipinski definition) is 7. The normalized spacial score (nSPS) is 19.3. The van der Waals surface area contributed by atoms with E-state index < -0.39 is 7.82 Å². The largest absolute Gasteiger partial charge is 1.00 e. The van der Waals surface area contributed by atoms with Crippen LogP contribution in [0, 0.1) is 11.3 Å². The Morgan fingerprint density at radius 1 is 0.865 bits per heavy atom. The van der Waals surface area contributed by atoms with Gasteiger partial charge >= 0.3 is 37.4 Å². The van der Waals surface area contributed by atoms with Crippen LogP contribution in [0.25, 0.3) is 0 Å². The Labute approximate surface area is 244 Å². The van der Waals surface area contributed by atoms with Crippen molar-refractivity contribution in [3.63, 3.8) is 0 Å². The second-order valence-corrected chi connectivity index (χ2v) is 11.8. The maximum Gasteiger partial charge on any atom is 1.00 e. The van der Waals surface area contributed by atoms with Crippen LogP contribution in [0.3, 0.4) is 0 Å². The first kappa shape index (κ1) is 32.0. The Balaban J connectivity index is 0.00000481. The van der Waals surface area contributed by atoms with E-state index in [4.69, 9.17) is 23.3 Å². The predicted molar refractivity (Wildman–Crippen MR) is 139 cm³/mol. The van der Waals surface area contributed by atoms with Gasteiger partial charge in [-0.25, -0.2) is 0 Å². The average Bonchev–Trinajstić information content (AvgIpc) is 2.84. The first-order valence-corrected chi connectivity index (χ1v) is 14.1. The van der Waals surface area contributed by atoms with Gasteiger partial charge in [0.25, 0.3) is 0 Å². The van der Waals surface area contributed by atoms with E-state index in [-0.39, 0.29) is 46.8 Å². The van der Waals surface area contributed by atoms with Gasteiger partial charge in [-0.3, -0.25) is 4.57 Å². The molecule has 1 fully saturated rings. The first-order valence-electron chi connectivity index (χ1n) is 12.6. The summed E-state index contributed by atoms with van der Waals surface area (Å²) in [5.41, 5.74) is 2.30. The van der Waals surface area contributed by atoms with Gasteiger partial charge in [-0.2, -0.15) is 0 Å². The first-order chi connectivity index (χ1) is 17.0. The van der Waals surface area contributed by atoms with Gasteiger partial charge in [-0.05, 0) is 74.0 Å². The van der Waals surface area contributed by atoms with Crippen molar-refractivity contribution in [1.29, 1.82) is 0 Å². The van der Waals surface area contributed by atoms with Crippen molar-refractivity contribution >= 4 is 7.82 Å². The van der Waals surface area contributed by atoms with E-state index in [1.807, 2.05) is 24.3 Å². The van der Waals surface area contributed by atoms with E-state index in [1.54, 1.807) is 33.5 Å². The molecule has 9 heteroatoms. The second-order valence-electron chi connectivity index (χ2n) is 10.5. The number of phosphoric acid groups is 1. The summed E-state index contributed by atoms with van der Waals surface area (Å²) in [6.07, 6.45) is 5.53. The summed E-state index contributed by atoms with van der Waals surface area (Å²) < 4.78 is 39.5. The zero-order chi connectivity index (χ0) is 26.3. The second kappa shape index (κ2) is 14.3. The van der Waals surface area contributed by atoms with Crippen LogP contribution in [0.1, 0.15) is 64.0 Å². The van der Waals surface area contributed by atoms with Crippen molar-refractivity contribution in [3.05, 3.63) is 47.5 Å². The fourth-order valence-electron chi connectivity index (χ4n) is 4.88. The molecule has 0 aromatic heterocycles. The summed E-state index contributed by atoms with van der Waals surface area (Å²) >= 11 is 0. The van der Waals surface area contributed by atoms with E-state index >= 15 is 0 Å². The summed E-state index contributed by atoms with van der Waals surface area (Å²) in [6.45, 7) is 6.70. The van der Waals surface area contributed by atoms with Gasteiger partial charge in [-0.1, -0.05) is 32.9 Å². The Morgan fingerprint density at radius 3 is 1.92 bits per heavy atom. The number of aryl methyl sites for hydroxylation is 1. The average molecular weight is 543 g/mol. The molecule has 1 unspecified atom stereocenters. The zero-order valence-electron chi connectivity index (χ0n) is 23.4. The molecule has 1 atom stereocenters. The van der Waals surface area contributed by atoms with Crippen LogP contribution < -0.4 is 53.2 Å². The van der Waals surface area contributed by atoms with E-state index in [9.17, 15) is 9.46 Å². The van der Waals surface area contributed by atoms with Crippen molar-refractivity contribution in [2.75, 3.05) is 21.3 Å². The van der Waals surface area contributed by atoms with Crippen molar-refractivity contribution in [2.24, 2.45) is 11.3 Å². The Bertz CT molecular complexity index is 1000. The summed E-state index contributed by atoms with van der Waals surface area (Å²) in [4.78, 5) is 12.5. The van der Waals surface area contributed by atoms with Crippen molar-refractivity contribution in [2.45, 2.75) is 71.8 Å². The molecule has 0 N–H and O–H groups in total. The third kappa shape index (κ3) is 9.49. The Kier molecular flexibility index (Phi) is 12.3. The zero-order valence-corrected chi connectivity index (χ0v) is 26.3. The minimum atomic E-state index is -4.43. The topological polar surface area (TPSA) is 86.3 Å². The molecule has 1 aliphatic carbocycles. The molecular weight excluding hydrogens is 502 g/mol.